The van der Waals surface area contributed by atoms with Gasteiger partial charge in [-0.1, -0.05) is 20.8 Å². The van der Waals surface area contributed by atoms with E-state index in [0.717, 1.165) is 23.1 Å². The molecule has 42 heavy (non-hydrogen) atoms. The maximum absolute atomic E-state index is 13.0. The Morgan fingerprint density at radius 1 is 0.738 bits per heavy atom. The van der Waals surface area contributed by atoms with E-state index < -0.39 is 10.8 Å². The van der Waals surface area contributed by atoms with E-state index in [1.54, 1.807) is 71.9 Å². The van der Waals surface area contributed by atoms with Crippen LogP contribution in [0.25, 0.3) is 6.08 Å². The van der Waals surface area contributed by atoms with Crippen LogP contribution in [0, 0.1) is 10.8 Å². The van der Waals surface area contributed by atoms with Crippen molar-refractivity contribution in [1.29, 1.82) is 0 Å². The van der Waals surface area contributed by atoms with Crippen molar-refractivity contribution in [3.05, 3.63) is 58.7 Å². The van der Waals surface area contributed by atoms with Crippen LogP contribution in [0.3, 0.4) is 0 Å². The van der Waals surface area contributed by atoms with E-state index in [9.17, 15) is 14.4 Å². The van der Waals surface area contributed by atoms with Gasteiger partial charge in [0.2, 0.25) is 13.6 Å². The number of rotatable bonds is 14. The Labute approximate surface area is 250 Å². The minimum absolute atomic E-state index is 0.187. The molecule has 0 bridgehead atoms. The minimum Gasteiger partial charge on any atom is -0.493 e. The predicted molar refractivity (Wildman–Crippen MR) is 163 cm³/mol. The monoisotopic (exact) mass is 582 g/mol. The number of esters is 2. The van der Waals surface area contributed by atoms with Crippen LogP contribution in [0.2, 0.25) is 0 Å². The Morgan fingerprint density at radius 3 is 1.81 bits per heavy atom. The summed E-state index contributed by atoms with van der Waals surface area (Å²) in [5.41, 5.74) is 1.78. The van der Waals surface area contributed by atoms with Crippen molar-refractivity contribution >= 4 is 23.8 Å². The highest BCUT2D eigenvalue weighted by molar-refractivity contribution is 6.07. The Kier molecular flexibility index (Phi) is 12.6. The highest BCUT2D eigenvalue weighted by atomic mass is 16.7. The highest BCUT2D eigenvalue weighted by Crippen LogP contribution is 2.38. The summed E-state index contributed by atoms with van der Waals surface area (Å²) in [6, 6.07) is 8.58. The number of benzene rings is 2. The second-order valence-corrected chi connectivity index (χ2v) is 11.9. The number of allylic oxidation sites excluding steroid dienone is 1. The molecular formula is C34H46O8. The summed E-state index contributed by atoms with van der Waals surface area (Å²) in [5.74, 6) is 0.876. The Balaban J connectivity index is 2.25. The molecule has 0 aromatic heterocycles. The molecule has 8 heteroatoms. The van der Waals surface area contributed by atoms with Crippen LogP contribution in [0.5, 0.6) is 17.2 Å². The second-order valence-electron chi connectivity index (χ2n) is 11.9. The molecule has 0 radical (unpaired) electrons. The zero-order valence-electron chi connectivity index (χ0n) is 26.6. The number of carbonyl (C=O) groups excluding carboxylic acids is 3. The smallest absolute Gasteiger partial charge is 0.314 e. The molecule has 0 saturated carbocycles. The van der Waals surface area contributed by atoms with Gasteiger partial charge in [0.25, 0.3) is 0 Å². The van der Waals surface area contributed by atoms with Crippen LogP contribution < -0.4 is 14.2 Å². The third-order valence-electron chi connectivity index (χ3n) is 6.20. The van der Waals surface area contributed by atoms with E-state index in [1.165, 1.54) is 6.08 Å². The first-order valence-electron chi connectivity index (χ1n) is 14.5. The number of aryl methyl sites for hydroxylation is 1. The Bertz CT molecular complexity index is 1240. The van der Waals surface area contributed by atoms with Gasteiger partial charge in [0.05, 0.1) is 17.4 Å². The van der Waals surface area contributed by atoms with Crippen molar-refractivity contribution in [2.24, 2.45) is 10.8 Å². The zero-order valence-corrected chi connectivity index (χ0v) is 26.6. The minimum atomic E-state index is -0.630. The molecule has 0 N–H and O–H groups in total. The van der Waals surface area contributed by atoms with Crippen molar-refractivity contribution in [2.75, 3.05) is 20.2 Å². The average Bonchev–Trinajstić information content (AvgIpc) is 2.93. The van der Waals surface area contributed by atoms with E-state index in [1.807, 2.05) is 26.8 Å². The van der Waals surface area contributed by atoms with Gasteiger partial charge in [-0.05, 0) is 109 Å². The van der Waals surface area contributed by atoms with Crippen molar-refractivity contribution in [1.82, 2.24) is 0 Å². The average molecular weight is 583 g/mol. The van der Waals surface area contributed by atoms with Crippen LogP contribution in [0.1, 0.15) is 95.8 Å². The summed E-state index contributed by atoms with van der Waals surface area (Å²) in [4.78, 5) is 37.1. The largest absolute Gasteiger partial charge is 0.493 e. The lowest BCUT2D eigenvalue weighted by atomic mass is 9.97. The van der Waals surface area contributed by atoms with Gasteiger partial charge in [0.1, 0.15) is 17.2 Å². The number of ether oxygens (including phenoxy) is 5. The molecule has 0 atom stereocenters. The third kappa shape index (κ3) is 9.93. The van der Waals surface area contributed by atoms with Gasteiger partial charge in [-0.3, -0.25) is 14.4 Å². The highest BCUT2D eigenvalue weighted by Gasteiger charge is 2.25. The van der Waals surface area contributed by atoms with Crippen LogP contribution in [0.15, 0.2) is 36.4 Å². The predicted octanol–water partition coefficient (Wildman–Crippen LogP) is 7.35. The van der Waals surface area contributed by atoms with Crippen molar-refractivity contribution in [3.63, 3.8) is 0 Å². The SMILES string of the molecule is CCCOc1c(/C=C/C(=O)c2ccc(OCOC(=O)C(C)(C)C)cc2)cc(CC)c(OCOC(=O)C(C)(C)C)c1CC. The zero-order chi connectivity index (χ0) is 31.5. The third-order valence-corrected chi connectivity index (χ3v) is 6.20. The van der Waals surface area contributed by atoms with E-state index in [2.05, 4.69) is 0 Å². The molecule has 8 nitrogen and oxygen atoms in total. The molecule has 2 aromatic rings. The Morgan fingerprint density at radius 2 is 1.31 bits per heavy atom. The fraction of sp³-hybridized carbons (Fsp3) is 0.500. The quantitative estimate of drug-likeness (QED) is 0.0987. The molecule has 0 heterocycles. The molecular weight excluding hydrogens is 536 g/mol. The molecule has 0 amide bonds. The molecule has 0 aliphatic carbocycles. The first-order valence-corrected chi connectivity index (χ1v) is 14.5. The standard InChI is InChI=1S/C34H46O8/c1-10-19-38-30-25(20-23(11-2)29(27(30)12-3)40-22-42-32(37)34(7,8)9)15-18-28(35)24-13-16-26(17-14-24)39-21-41-31(36)33(4,5)6/h13-18,20H,10-12,19,21-22H2,1-9H3/b18-15+. The van der Waals surface area contributed by atoms with Gasteiger partial charge in [0.15, 0.2) is 5.78 Å². The van der Waals surface area contributed by atoms with Gasteiger partial charge in [0, 0.05) is 16.7 Å². The van der Waals surface area contributed by atoms with Gasteiger partial charge in [-0.2, -0.15) is 0 Å². The fourth-order valence-electron chi connectivity index (χ4n) is 3.75. The van der Waals surface area contributed by atoms with Crippen LogP contribution in [-0.4, -0.2) is 37.9 Å². The number of hydrogen-bond donors (Lipinski definition) is 0. The molecule has 0 aliphatic heterocycles. The van der Waals surface area contributed by atoms with Gasteiger partial charge in [-0.15, -0.1) is 0 Å². The molecule has 0 unspecified atom stereocenters. The van der Waals surface area contributed by atoms with Crippen molar-refractivity contribution in [2.45, 2.75) is 81.6 Å². The summed E-state index contributed by atoms with van der Waals surface area (Å²) >= 11 is 0. The molecule has 0 spiro atoms. The van der Waals surface area contributed by atoms with Gasteiger partial charge < -0.3 is 23.7 Å². The molecule has 0 fully saturated rings. The van der Waals surface area contributed by atoms with Crippen LogP contribution in [-0.2, 0) is 31.9 Å². The van der Waals surface area contributed by atoms with E-state index in [0.29, 0.717) is 42.3 Å². The van der Waals surface area contributed by atoms with Gasteiger partial charge >= 0.3 is 11.9 Å². The lowest BCUT2D eigenvalue weighted by Gasteiger charge is -2.22. The summed E-state index contributed by atoms with van der Waals surface area (Å²) in [5, 5.41) is 0. The molecule has 2 rings (SSSR count). The number of ketones is 1. The second kappa shape index (κ2) is 15.4. The first-order chi connectivity index (χ1) is 19.7. The maximum Gasteiger partial charge on any atom is 0.314 e. The molecule has 0 saturated heterocycles. The summed E-state index contributed by atoms with van der Waals surface area (Å²) in [6.45, 7) is 16.8. The van der Waals surface area contributed by atoms with E-state index in [-0.39, 0.29) is 31.3 Å². The van der Waals surface area contributed by atoms with Crippen LogP contribution >= 0.6 is 0 Å². The maximum atomic E-state index is 13.0. The topological polar surface area (TPSA) is 97.4 Å². The lowest BCUT2D eigenvalue weighted by Crippen LogP contribution is -2.25. The van der Waals surface area contributed by atoms with Crippen molar-refractivity contribution < 1.29 is 38.1 Å². The van der Waals surface area contributed by atoms with E-state index >= 15 is 0 Å². The van der Waals surface area contributed by atoms with Crippen LogP contribution in [0.4, 0.5) is 0 Å². The Hall–Kier alpha value is -3.81. The molecule has 0 aliphatic rings. The number of carbonyl (C=O) groups is 3. The molecule has 2 aromatic carbocycles. The van der Waals surface area contributed by atoms with Crippen molar-refractivity contribution in [3.8, 4) is 17.2 Å². The normalized spacial score (nSPS) is 11.7. The fourth-order valence-corrected chi connectivity index (χ4v) is 3.75. The first kappa shape index (κ1) is 34.4. The van der Waals surface area contributed by atoms with Gasteiger partial charge in [-0.25, -0.2) is 0 Å². The van der Waals surface area contributed by atoms with E-state index in [4.69, 9.17) is 23.7 Å². The lowest BCUT2D eigenvalue weighted by molar-refractivity contribution is -0.160. The number of hydrogen-bond acceptors (Lipinski definition) is 8. The summed E-state index contributed by atoms with van der Waals surface area (Å²) < 4.78 is 28.1. The summed E-state index contributed by atoms with van der Waals surface area (Å²) in [7, 11) is 0. The molecule has 230 valence electrons. The summed E-state index contributed by atoms with van der Waals surface area (Å²) in [6.07, 6.45) is 5.37.